The predicted octanol–water partition coefficient (Wildman–Crippen LogP) is 4.41. The third kappa shape index (κ3) is 12.6. The third-order valence-corrected chi connectivity index (χ3v) is 13.9. The summed E-state index contributed by atoms with van der Waals surface area (Å²) >= 11 is 1.32. The van der Waals surface area contributed by atoms with Gasteiger partial charge in [0.05, 0.1) is 48.9 Å². The third-order valence-electron chi connectivity index (χ3n) is 13.1. The topological polar surface area (TPSA) is 256 Å². The van der Waals surface area contributed by atoms with Crippen molar-refractivity contribution < 1.29 is 62.3 Å². The molecule has 5 heterocycles. The van der Waals surface area contributed by atoms with Crippen molar-refractivity contribution in [1.29, 1.82) is 0 Å². The maximum absolute atomic E-state index is 17.0. The molecule has 0 aromatic carbocycles. The van der Waals surface area contributed by atoms with Crippen molar-refractivity contribution >= 4 is 52.1 Å². The van der Waals surface area contributed by atoms with E-state index in [0.717, 1.165) is 6.92 Å². The molecule has 5 N–H and O–H groups in total. The molecular weight excluding hydrogens is 906 g/mol. The number of aliphatic imine (C=N–C) groups is 1. The zero-order valence-corrected chi connectivity index (χ0v) is 42.0. The second-order valence-electron chi connectivity index (χ2n) is 19.1. The van der Waals surface area contributed by atoms with E-state index in [-0.39, 0.29) is 50.7 Å². The van der Waals surface area contributed by atoms with Crippen LogP contribution in [0.25, 0.3) is 10.6 Å². The number of aliphatic hydroxyl groups is 2. The number of cyclic esters (lactones) is 1. The minimum Gasteiger partial charge on any atom is -0.457 e. The molecule has 2 amide bonds. The summed E-state index contributed by atoms with van der Waals surface area (Å²) in [6, 6.07) is 2.39. The number of nitrogens with one attached hydrogen (secondary N) is 1. The van der Waals surface area contributed by atoms with Gasteiger partial charge in [-0.05, 0) is 86.0 Å². The number of esters is 1. The highest BCUT2D eigenvalue weighted by Gasteiger charge is 2.56. The summed E-state index contributed by atoms with van der Waals surface area (Å²) in [5.41, 5.74) is 0.406. The Kier molecular flexibility index (Phi) is 18.3. The number of anilines is 1. The summed E-state index contributed by atoms with van der Waals surface area (Å²) in [4.78, 5) is 75.0. The summed E-state index contributed by atoms with van der Waals surface area (Å²) in [5.74, 6) is -6.14. The molecule has 0 saturated carbocycles. The number of oxime groups is 1. The van der Waals surface area contributed by atoms with Crippen LogP contribution in [0, 0.1) is 17.8 Å². The number of ether oxygens (including phenoxy) is 5. The number of ketones is 1. The normalized spacial score (nSPS) is 36.1. The van der Waals surface area contributed by atoms with Crippen LogP contribution in [0.5, 0.6) is 0 Å². The Bertz CT molecular complexity index is 2150. The lowest BCUT2D eigenvalue weighted by Crippen LogP contribution is -2.61. The van der Waals surface area contributed by atoms with E-state index in [1.807, 2.05) is 32.8 Å². The van der Waals surface area contributed by atoms with E-state index in [4.69, 9.17) is 34.3 Å². The van der Waals surface area contributed by atoms with Crippen molar-refractivity contribution in [3.8, 4) is 10.6 Å². The standard InChI is InChI=1S/C47H70FN7O12S/c1-13-33-47(10,61)40-26(5)36(53-35(56)14-2)24(3)18-45(8,39(27(6)38(58)46(9,48)44(60)66-33)67-43-37(57)32(55(11)12)17-25(4)65-43)63-21-31(20-62-40)54-64-22-30-16-15-29(19-50-30)42-52-34(23-68-42)51-41(59)28(7)49/h15-16,19,23-28,32-33,37,39-40,43,57,61H,13-14,17-18,20-22,49H2,1-12H3,(H,51,59)/b53-36?,54-31+/t24-,25-,26+,27+,28+,32+,33-,37-,39-,40-,43+,45-,46+,47-/m1/s1. The second kappa shape index (κ2) is 22.7. The van der Waals surface area contributed by atoms with Gasteiger partial charge in [-0.1, -0.05) is 39.8 Å². The van der Waals surface area contributed by atoms with Crippen molar-refractivity contribution in [1.82, 2.24) is 14.9 Å². The molecule has 3 saturated heterocycles. The molecule has 3 aliphatic heterocycles. The van der Waals surface area contributed by atoms with Crippen molar-refractivity contribution in [3.63, 3.8) is 0 Å². The van der Waals surface area contributed by atoms with Crippen LogP contribution >= 0.6 is 11.3 Å². The molecule has 0 unspecified atom stereocenters. The lowest BCUT2D eigenvalue weighted by molar-refractivity contribution is -0.296. The van der Waals surface area contributed by atoms with Crippen LogP contribution in [0.1, 0.15) is 101 Å². The molecular formula is C47H70FN7O12S. The van der Waals surface area contributed by atoms with Gasteiger partial charge in [-0.2, -0.15) is 0 Å². The summed E-state index contributed by atoms with van der Waals surface area (Å²) in [7, 11) is 3.62. The van der Waals surface area contributed by atoms with Crippen LogP contribution in [0.2, 0.25) is 0 Å². The molecule has 68 heavy (non-hydrogen) atoms. The fraction of sp³-hybridized carbons (Fsp3) is 0.702. The van der Waals surface area contributed by atoms with Gasteiger partial charge in [0.15, 0.2) is 18.7 Å². The second-order valence-corrected chi connectivity index (χ2v) is 20.0. The quantitative estimate of drug-likeness (QED) is 0.138. The van der Waals surface area contributed by atoms with Gasteiger partial charge in [-0.15, -0.1) is 11.3 Å². The number of thiazole rings is 1. The van der Waals surface area contributed by atoms with Crippen LogP contribution in [0.4, 0.5) is 10.2 Å². The smallest absolute Gasteiger partial charge is 0.351 e. The maximum atomic E-state index is 17.0. The number of aliphatic hydroxyl groups excluding tert-OH is 1. The van der Waals surface area contributed by atoms with Crippen molar-refractivity contribution in [2.45, 2.75) is 167 Å². The molecule has 14 atom stereocenters. The lowest BCUT2D eigenvalue weighted by atomic mass is 9.73. The SMILES string of the molecule is CCC(=O)N=C1[C@H](C)C[C@@]2(C)OC/C(=N/OCc3ccc(-c4nc(NC(=O)[C@H](C)N)cs4)cn3)CO[C@H]([C@H]1C)[C@](C)(O)[C@@H](CC)OC(=O)[C@@](C)(F)C(=O)[C@H](C)[C@H]2O[C@@H]1O[C@H](C)C[C@H](N(C)C)[C@H]1O. The van der Waals surface area contributed by atoms with E-state index in [1.54, 1.807) is 58.3 Å². The number of alkyl halides is 1. The average Bonchev–Trinajstić information content (AvgIpc) is 3.75. The van der Waals surface area contributed by atoms with Crippen molar-refractivity contribution in [3.05, 3.63) is 29.4 Å². The summed E-state index contributed by atoms with van der Waals surface area (Å²) in [5, 5.41) is 33.6. The first-order chi connectivity index (χ1) is 31.8. The Morgan fingerprint density at radius 2 is 1.82 bits per heavy atom. The van der Waals surface area contributed by atoms with Gasteiger partial charge in [0.2, 0.25) is 11.8 Å². The van der Waals surface area contributed by atoms with Crippen molar-refractivity contribution in [2.75, 3.05) is 32.6 Å². The van der Waals surface area contributed by atoms with Gasteiger partial charge in [-0.25, -0.2) is 19.2 Å². The predicted molar refractivity (Wildman–Crippen MR) is 251 cm³/mol. The van der Waals surface area contributed by atoms with Gasteiger partial charge in [-0.3, -0.25) is 19.4 Å². The number of pyridine rings is 1. The van der Waals surface area contributed by atoms with Crippen LogP contribution in [-0.2, 0) is 54.3 Å². The van der Waals surface area contributed by atoms with Gasteiger partial charge in [0.25, 0.3) is 5.67 Å². The zero-order valence-electron chi connectivity index (χ0n) is 41.2. The number of halogens is 1. The number of aromatic nitrogens is 2. The zero-order chi connectivity index (χ0) is 50.5. The Hall–Kier alpha value is -4.19. The Balaban J connectivity index is 1.60. The van der Waals surface area contributed by atoms with Crippen LogP contribution in [0.3, 0.4) is 0 Å². The summed E-state index contributed by atoms with van der Waals surface area (Å²) in [6.07, 6.45) is -5.04. The number of Topliss-reactive ketones (excluding diaryl/α,β-unsaturated/α-hetero) is 1. The minimum absolute atomic E-state index is 0.0199. The van der Waals surface area contributed by atoms with E-state index in [9.17, 15) is 29.4 Å². The highest BCUT2D eigenvalue weighted by Crippen LogP contribution is 2.41. The van der Waals surface area contributed by atoms with Crippen molar-refractivity contribution in [2.24, 2.45) is 33.6 Å². The molecule has 5 rings (SSSR count). The average molecular weight is 976 g/mol. The van der Waals surface area contributed by atoms with E-state index in [0.29, 0.717) is 34.2 Å². The molecule has 0 aliphatic carbocycles. The Labute approximate surface area is 401 Å². The minimum atomic E-state index is -3.24. The number of hydrogen-bond acceptors (Lipinski definition) is 18. The highest BCUT2D eigenvalue weighted by molar-refractivity contribution is 7.13. The van der Waals surface area contributed by atoms with E-state index >= 15 is 4.39 Å². The highest BCUT2D eigenvalue weighted by atomic mass is 32.1. The van der Waals surface area contributed by atoms with Gasteiger partial charge in [0, 0.05) is 47.2 Å². The van der Waals surface area contributed by atoms with Crippen LogP contribution < -0.4 is 11.1 Å². The number of hydrogen-bond donors (Lipinski definition) is 4. The fourth-order valence-electron chi connectivity index (χ4n) is 9.18. The maximum Gasteiger partial charge on any atom is 0.351 e. The molecule has 2 bridgehead atoms. The molecule has 3 aliphatic rings. The fourth-order valence-corrected chi connectivity index (χ4v) is 9.92. The molecule has 2 aromatic rings. The first-order valence-corrected chi connectivity index (χ1v) is 24.1. The molecule has 378 valence electrons. The Morgan fingerprint density at radius 1 is 1.12 bits per heavy atom. The van der Waals surface area contributed by atoms with Crippen LogP contribution in [0.15, 0.2) is 33.9 Å². The number of carbonyl (C=O) groups is 4. The van der Waals surface area contributed by atoms with E-state index in [1.165, 1.54) is 25.2 Å². The number of nitrogens with zero attached hydrogens (tertiary/aromatic N) is 5. The molecule has 21 heteroatoms. The number of likely N-dealkylation sites (N-methyl/N-ethyl adjacent to an activating group) is 1. The molecule has 3 fully saturated rings. The Morgan fingerprint density at radius 3 is 2.44 bits per heavy atom. The van der Waals surface area contributed by atoms with E-state index in [2.05, 4.69) is 25.4 Å². The molecule has 0 radical (unpaired) electrons. The molecule has 2 aromatic heterocycles. The monoisotopic (exact) mass is 975 g/mol. The van der Waals surface area contributed by atoms with E-state index < -0.39 is 101 Å². The first-order valence-electron chi connectivity index (χ1n) is 23.2. The largest absolute Gasteiger partial charge is 0.457 e. The summed E-state index contributed by atoms with van der Waals surface area (Å²) in [6.45, 7) is 14.7. The van der Waals surface area contributed by atoms with Crippen LogP contribution in [-0.4, -0.2) is 153 Å². The molecule has 19 nitrogen and oxygen atoms in total. The lowest BCUT2D eigenvalue weighted by Gasteiger charge is -2.47. The van der Waals surface area contributed by atoms with Gasteiger partial charge in [0.1, 0.15) is 34.3 Å². The first kappa shape index (κ1) is 54.7. The van der Waals surface area contributed by atoms with Gasteiger partial charge >= 0.3 is 5.97 Å². The number of carbonyl (C=O) groups excluding carboxylic acids is 4. The number of fused-ring (bicyclic) bond motifs is 5. The van der Waals surface area contributed by atoms with Gasteiger partial charge < -0.3 is 54.7 Å². The number of rotatable bonds is 11. The number of nitrogens with two attached hydrogens (primary N) is 1. The summed E-state index contributed by atoms with van der Waals surface area (Å²) < 4.78 is 49.0. The molecule has 0 spiro atoms. The number of amides is 2.